The molecule has 2 aromatic rings. The van der Waals surface area contributed by atoms with Gasteiger partial charge in [-0.05, 0) is 61.2 Å². The first-order chi connectivity index (χ1) is 8.09. The van der Waals surface area contributed by atoms with Crippen molar-refractivity contribution >= 4 is 54.8 Å². The zero-order valence-corrected chi connectivity index (χ0v) is 13.8. The van der Waals surface area contributed by atoms with Crippen molar-refractivity contribution in [3.63, 3.8) is 0 Å². The second-order valence-corrected chi connectivity index (χ2v) is 7.97. The molecule has 2 rings (SSSR count). The fourth-order valence-corrected chi connectivity index (χ4v) is 5.09. The molecule has 5 heteroatoms. The van der Waals surface area contributed by atoms with Crippen LogP contribution in [0.4, 0.5) is 0 Å². The largest absolute Gasteiger partial charge is 0.265 e. The van der Waals surface area contributed by atoms with Gasteiger partial charge in [0.15, 0.2) is 0 Å². The molecule has 2 heterocycles. The molecule has 17 heavy (non-hydrogen) atoms. The van der Waals surface area contributed by atoms with Gasteiger partial charge < -0.3 is 0 Å². The van der Waals surface area contributed by atoms with Crippen molar-refractivity contribution in [3.05, 3.63) is 49.3 Å². The minimum absolute atomic E-state index is 0.0469. The number of nitrogens with zero attached hydrogens (tertiary/aromatic N) is 1. The van der Waals surface area contributed by atoms with E-state index in [9.17, 15) is 0 Å². The van der Waals surface area contributed by atoms with Crippen molar-refractivity contribution in [2.24, 2.45) is 0 Å². The monoisotopic (exact) mass is 393 g/mol. The van der Waals surface area contributed by atoms with E-state index in [0.717, 1.165) is 13.1 Å². The molecule has 0 amide bonds. The second-order valence-electron chi connectivity index (χ2n) is 3.75. The normalized spacial score (nSPS) is 14.6. The predicted octanol–water partition coefficient (Wildman–Crippen LogP) is 5.75. The third kappa shape index (κ3) is 3.11. The molecular formula is C12H10Br2ClNS. The van der Waals surface area contributed by atoms with Gasteiger partial charge in [0.1, 0.15) is 0 Å². The molecule has 0 radical (unpaired) electrons. The Morgan fingerprint density at radius 1 is 1.29 bits per heavy atom. The molecule has 0 bridgehead atoms. The Labute approximate surface area is 126 Å². The molecular weight excluding hydrogens is 385 g/mol. The fraction of sp³-hybridized carbons (Fsp3) is 0.250. The summed E-state index contributed by atoms with van der Waals surface area (Å²) in [5.41, 5.74) is 2.34. The molecule has 0 aromatic carbocycles. The van der Waals surface area contributed by atoms with Crippen LogP contribution in [-0.2, 0) is 0 Å². The third-order valence-electron chi connectivity index (χ3n) is 2.65. The lowest BCUT2D eigenvalue weighted by atomic mass is 9.95. The highest BCUT2D eigenvalue weighted by Gasteiger charge is 2.22. The van der Waals surface area contributed by atoms with Crippen LogP contribution in [0.3, 0.4) is 0 Å². The summed E-state index contributed by atoms with van der Waals surface area (Å²) in [6.45, 7) is 2.13. The number of pyridine rings is 1. The second kappa shape index (κ2) is 5.83. The number of alkyl halides is 1. The lowest BCUT2D eigenvalue weighted by Crippen LogP contribution is -2.02. The van der Waals surface area contributed by atoms with Gasteiger partial charge in [-0.2, -0.15) is 0 Å². The molecule has 0 aliphatic carbocycles. The smallest absolute Gasteiger partial charge is 0.0757 e. The highest BCUT2D eigenvalue weighted by molar-refractivity contribution is 9.12. The quantitative estimate of drug-likeness (QED) is 0.603. The Kier molecular flexibility index (Phi) is 4.64. The first-order valence-corrected chi connectivity index (χ1v) is 7.92. The van der Waals surface area contributed by atoms with Gasteiger partial charge in [-0.15, -0.1) is 22.9 Å². The van der Waals surface area contributed by atoms with E-state index in [1.54, 1.807) is 23.7 Å². The molecule has 0 spiro atoms. The van der Waals surface area contributed by atoms with E-state index >= 15 is 0 Å². The Balaban J connectivity index is 2.26. The Bertz CT molecular complexity index is 500. The Hall–Kier alpha value is 0.1000. The van der Waals surface area contributed by atoms with Crippen molar-refractivity contribution < 1.29 is 0 Å². The Morgan fingerprint density at radius 3 is 2.47 bits per heavy atom. The molecule has 2 atom stereocenters. The maximum Gasteiger partial charge on any atom is 0.0757 e. The summed E-state index contributed by atoms with van der Waals surface area (Å²) >= 11 is 15.2. The maximum absolute atomic E-state index is 6.55. The lowest BCUT2D eigenvalue weighted by Gasteiger charge is -2.17. The van der Waals surface area contributed by atoms with Crippen LogP contribution in [0.1, 0.15) is 29.3 Å². The van der Waals surface area contributed by atoms with Gasteiger partial charge in [-0.25, -0.2) is 0 Å². The molecule has 2 aromatic heterocycles. The summed E-state index contributed by atoms with van der Waals surface area (Å²) in [5, 5.41) is -0.0469. The van der Waals surface area contributed by atoms with E-state index in [4.69, 9.17) is 11.6 Å². The molecule has 0 saturated heterocycles. The molecule has 2 unspecified atom stereocenters. The number of thiophene rings is 1. The average molecular weight is 396 g/mol. The van der Waals surface area contributed by atoms with E-state index in [0.29, 0.717) is 0 Å². The number of halogens is 3. The van der Waals surface area contributed by atoms with Crippen molar-refractivity contribution in [2.75, 3.05) is 0 Å². The molecule has 0 saturated carbocycles. The summed E-state index contributed by atoms with van der Waals surface area (Å²) in [5.74, 6) is 0.248. The van der Waals surface area contributed by atoms with Crippen LogP contribution in [0.15, 0.2) is 38.2 Å². The van der Waals surface area contributed by atoms with Gasteiger partial charge in [-0.1, -0.05) is 6.92 Å². The van der Waals surface area contributed by atoms with Crippen LogP contribution in [0.2, 0.25) is 0 Å². The maximum atomic E-state index is 6.55. The average Bonchev–Trinajstić information content (AvgIpc) is 2.68. The standard InChI is InChI=1S/C12H10Br2ClNS/c1-7(8-2-4-16-5-3-8)11(15)9-6-10(13)17-12(9)14/h2-7,11H,1H3. The van der Waals surface area contributed by atoms with Crippen molar-refractivity contribution in [3.8, 4) is 0 Å². The summed E-state index contributed by atoms with van der Waals surface area (Å²) < 4.78 is 2.18. The SMILES string of the molecule is CC(c1ccncc1)C(Cl)c1cc(Br)sc1Br. The number of aromatic nitrogens is 1. The first kappa shape index (κ1) is 13.5. The summed E-state index contributed by atoms with van der Waals surface area (Å²) in [6.07, 6.45) is 3.60. The summed E-state index contributed by atoms with van der Waals surface area (Å²) in [6, 6.07) is 6.09. The van der Waals surface area contributed by atoms with Crippen LogP contribution in [0.25, 0.3) is 0 Å². The summed E-state index contributed by atoms with van der Waals surface area (Å²) in [7, 11) is 0. The number of rotatable bonds is 3. The van der Waals surface area contributed by atoms with E-state index in [1.165, 1.54) is 5.56 Å². The third-order valence-corrected chi connectivity index (χ3v) is 5.65. The van der Waals surface area contributed by atoms with Gasteiger partial charge in [0, 0.05) is 18.3 Å². The minimum Gasteiger partial charge on any atom is -0.265 e. The molecule has 1 nitrogen and oxygen atoms in total. The van der Waals surface area contributed by atoms with Gasteiger partial charge in [-0.3, -0.25) is 4.98 Å². The van der Waals surface area contributed by atoms with E-state index < -0.39 is 0 Å². The van der Waals surface area contributed by atoms with Gasteiger partial charge >= 0.3 is 0 Å². The van der Waals surface area contributed by atoms with Gasteiger partial charge in [0.05, 0.1) is 12.9 Å². The number of hydrogen-bond acceptors (Lipinski definition) is 2. The lowest BCUT2D eigenvalue weighted by molar-refractivity contribution is 0.730. The molecule has 0 N–H and O–H groups in total. The topological polar surface area (TPSA) is 12.9 Å². The zero-order valence-electron chi connectivity index (χ0n) is 9.03. The molecule has 0 aliphatic rings. The van der Waals surface area contributed by atoms with E-state index in [1.807, 2.05) is 12.1 Å². The molecule has 0 fully saturated rings. The van der Waals surface area contributed by atoms with E-state index in [-0.39, 0.29) is 11.3 Å². The molecule has 90 valence electrons. The van der Waals surface area contributed by atoms with Gasteiger partial charge in [0.2, 0.25) is 0 Å². The predicted molar refractivity (Wildman–Crippen MR) is 81.0 cm³/mol. The highest BCUT2D eigenvalue weighted by Crippen LogP contribution is 2.43. The van der Waals surface area contributed by atoms with Crippen LogP contribution in [0.5, 0.6) is 0 Å². The van der Waals surface area contributed by atoms with Crippen LogP contribution >= 0.6 is 54.8 Å². The highest BCUT2D eigenvalue weighted by atomic mass is 79.9. The van der Waals surface area contributed by atoms with Crippen LogP contribution in [-0.4, -0.2) is 4.98 Å². The molecule has 0 aliphatic heterocycles. The minimum atomic E-state index is -0.0469. The van der Waals surface area contributed by atoms with Crippen molar-refractivity contribution in [1.29, 1.82) is 0 Å². The van der Waals surface area contributed by atoms with Crippen LogP contribution < -0.4 is 0 Å². The van der Waals surface area contributed by atoms with Crippen molar-refractivity contribution in [2.45, 2.75) is 18.2 Å². The van der Waals surface area contributed by atoms with Crippen molar-refractivity contribution in [1.82, 2.24) is 4.98 Å². The van der Waals surface area contributed by atoms with Crippen LogP contribution in [0, 0.1) is 0 Å². The van der Waals surface area contributed by atoms with E-state index in [2.05, 4.69) is 49.8 Å². The first-order valence-electron chi connectivity index (χ1n) is 5.08. The fourth-order valence-electron chi connectivity index (χ4n) is 1.65. The van der Waals surface area contributed by atoms with Gasteiger partial charge in [0.25, 0.3) is 0 Å². The zero-order chi connectivity index (χ0) is 12.4. The summed E-state index contributed by atoms with van der Waals surface area (Å²) in [4.78, 5) is 4.02. The number of hydrogen-bond donors (Lipinski definition) is 0. The Morgan fingerprint density at radius 2 is 1.94 bits per heavy atom.